The van der Waals surface area contributed by atoms with Crippen molar-refractivity contribution in [1.82, 2.24) is 10.3 Å². The summed E-state index contributed by atoms with van der Waals surface area (Å²) < 4.78 is 18.5. The SMILES string of the molecule is CC(C)(C)OC(=O)NCc1nc(-c2cc(F)ccc2[N+](=O)[O-])cs1. The molecule has 7 nitrogen and oxygen atoms in total. The number of nitrogens with zero attached hydrogens (tertiary/aromatic N) is 2. The van der Waals surface area contributed by atoms with Gasteiger partial charge in [-0.15, -0.1) is 11.3 Å². The van der Waals surface area contributed by atoms with E-state index in [1.807, 2.05) is 0 Å². The quantitative estimate of drug-likeness (QED) is 0.665. The number of alkyl carbamates (subject to hydrolysis) is 1. The molecule has 0 unspecified atom stereocenters. The predicted molar refractivity (Wildman–Crippen MR) is 87.2 cm³/mol. The van der Waals surface area contributed by atoms with E-state index in [0.29, 0.717) is 5.01 Å². The molecule has 9 heteroatoms. The van der Waals surface area contributed by atoms with E-state index in [-0.39, 0.29) is 23.5 Å². The topological polar surface area (TPSA) is 94.4 Å². The van der Waals surface area contributed by atoms with Crippen LogP contribution in [0.2, 0.25) is 0 Å². The monoisotopic (exact) mass is 353 g/mol. The molecule has 0 spiro atoms. The Hall–Kier alpha value is -2.55. The Kier molecular flexibility index (Phi) is 5.13. The highest BCUT2D eigenvalue weighted by Crippen LogP contribution is 2.31. The van der Waals surface area contributed by atoms with E-state index in [2.05, 4.69) is 10.3 Å². The third-order valence-corrected chi connectivity index (χ3v) is 3.61. The molecule has 1 aromatic heterocycles. The van der Waals surface area contributed by atoms with Gasteiger partial charge < -0.3 is 10.1 Å². The highest BCUT2D eigenvalue weighted by Gasteiger charge is 2.19. The maximum atomic E-state index is 13.4. The molecule has 0 bridgehead atoms. The molecule has 0 saturated carbocycles. The van der Waals surface area contributed by atoms with Gasteiger partial charge in [-0.3, -0.25) is 10.1 Å². The summed E-state index contributed by atoms with van der Waals surface area (Å²) >= 11 is 1.20. The van der Waals surface area contributed by atoms with Gasteiger partial charge in [0.15, 0.2) is 0 Å². The molecule has 0 saturated heterocycles. The summed E-state index contributed by atoms with van der Waals surface area (Å²) in [5, 5.41) is 15.7. The van der Waals surface area contributed by atoms with Gasteiger partial charge in [0.2, 0.25) is 0 Å². The summed E-state index contributed by atoms with van der Waals surface area (Å²) in [5.74, 6) is -0.586. The molecule has 0 fully saturated rings. The number of benzene rings is 1. The first kappa shape index (κ1) is 17.8. The molecule has 1 aromatic carbocycles. The number of carbonyl (C=O) groups is 1. The first-order chi connectivity index (χ1) is 11.2. The molecule has 0 radical (unpaired) electrons. The predicted octanol–water partition coefficient (Wildman–Crippen LogP) is 3.88. The summed E-state index contributed by atoms with van der Waals surface area (Å²) in [6.07, 6.45) is -0.587. The molecular weight excluding hydrogens is 337 g/mol. The standard InChI is InChI=1S/C15H16FN3O4S/c1-15(2,3)23-14(20)17-7-13-18-11(8-24-13)10-6-9(16)4-5-12(10)19(21)22/h4-6,8H,7H2,1-3H3,(H,17,20). The molecule has 0 aliphatic heterocycles. The van der Waals surface area contributed by atoms with Crippen LogP contribution in [-0.4, -0.2) is 21.6 Å². The van der Waals surface area contributed by atoms with Crippen LogP contribution in [0.1, 0.15) is 25.8 Å². The minimum atomic E-state index is -0.611. The van der Waals surface area contributed by atoms with Crippen LogP contribution >= 0.6 is 11.3 Å². The number of rotatable bonds is 4. The molecule has 2 aromatic rings. The highest BCUT2D eigenvalue weighted by molar-refractivity contribution is 7.09. The fourth-order valence-corrected chi connectivity index (χ4v) is 2.58. The fraction of sp³-hybridized carbons (Fsp3) is 0.333. The zero-order valence-corrected chi connectivity index (χ0v) is 14.1. The van der Waals surface area contributed by atoms with Gasteiger partial charge in [0.25, 0.3) is 5.69 Å². The van der Waals surface area contributed by atoms with E-state index in [1.165, 1.54) is 11.3 Å². The minimum absolute atomic E-state index is 0.0970. The third-order valence-electron chi connectivity index (χ3n) is 2.77. The lowest BCUT2D eigenvalue weighted by Crippen LogP contribution is -2.32. The van der Waals surface area contributed by atoms with Gasteiger partial charge >= 0.3 is 6.09 Å². The number of aromatic nitrogens is 1. The summed E-state index contributed by atoms with van der Waals surface area (Å²) in [5.41, 5.74) is -0.458. The Balaban J connectivity index is 2.13. The molecule has 1 heterocycles. The highest BCUT2D eigenvalue weighted by atomic mass is 32.1. The number of hydrogen-bond donors (Lipinski definition) is 1. The lowest BCUT2D eigenvalue weighted by atomic mass is 10.1. The maximum Gasteiger partial charge on any atom is 0.408 e. The Labute approximate surface area is 141 Å². The lowest BCUT2D eigenvalue weighted by Gasteiger charge is -2.19. The Morgan fingerprint density at radius 2 is 2.17 bits per heavy atom. The molecule has 0 aliphatic carbocycles. The Bertz CT molecular complexity index is 770. The number of hydrogen-bond acceptors (Lipinski definition) is 6. The zero-order valence-electron chi connectivity index (χ0n) is 13.3. The van der Waals surface area contributed by atoms with Crippen molar-refractivity contribution >= 4 is 23.1 Å². The van der Waals surface area contributed by atoms with Crippen LogP contribution in [-0.2, 0) is 11.3 Å². The summed E-state index contributed by atoms with van der Waals surface area (Å²) in [6, 6.07) is 3.19. The van der Waals surface area contributed by atoms with Crippen molar-refractivity contribution in [2.75, 3.05) is 0 Å². The van der Waals surface area contributed by atoms with Gasteiger partial charge in [-0.25, -0.2) is 14.2 Å². The lowest BCUT2D eigenvalue weighted by molar-refractivity contribution is -0.384. The van der Waals surface area contributed by atoms with Crippen LogP contribution in [0, 0.1) is 15.9 Å². The molecule has 1 N–H and O–H groups in total. The van der Waals surface area contributed by atoms with Gasteiger partial charge in [-0.05, 0) is 32.9 Å². The van der Waals surface area contributed by atoms with Crippen molar-refractivity contribution in [3.63, 3.8) is 0 Å². The van der Waals surface area contributed by atoms with Gasteiger partial charge in [0.05, 0.1) is 22.7 Å². The second-order valence-corrected chi connectivity index (χ2v) is 6.84. The molecule has 24 heavy (non-hydrogen) atoms. The van der Waals surface area contributed by atoms with Crippen LogP contribution in [0.5, 0.6) is 0 Å². The molecule has 128 valence electrons. The normalized spacial score (nSPS) is 11.2. The van der Waals surface area contributed by atoms with Gasteiger partial charge in [-0.1, -0.05) is 0 Å². The van der Waals surface area contributed by atoms with Gasteiger partial charge in [0.1, 0.15) is 16.4 Å². The van der Waals surface area contributed by atoms with Crippen LogP contribution in [0.25, 0.3) is 11.3 Å². The Morgan fingerprint density at radius 1 is 1.46 bits per heavy atom. The number of amides is 1. The largest absolute Gasteiger partial charge is 0.444 e. The number of thiazole rings is 1. The fourth-order valence-electron chi connectivity index (χ4n) is 1.85. The first-order valence-corrected chi connectivity index (χ1v) is 7.89. The van der Waals surface area contributed by atoms with Crippen LogP contribution in [0.3, 0.4) is 0 Å². The average Bonchev–Trinajstić information content (AvgIpc) is 2.91. The van der Waals surface area contributed by atoms with Crippen molar-refractivity contribution < 1.29 is 18.8 Å². The van der Waals surface area contributed by atoms with Crippen molar-refractivity contribution in [1.29, 1.82) is 0 Å². The Morgan fingerprint density at radius 3 is 2.79 bits per heavy atom. The summed E-state index contributed by atoms with van der Waals surface area (Å²) in [7, 11) is 0. The molecule has 2 rings (SSSR count). The summed E-state index contributed by atoms with van der Waals surface area (Å²) in [6.45, 7) is 5.36. The van der Waals surface area contributed by atoms with Gasteiger partial charge in [-0.2, -0.15) is 0 Å². The van der Waals surface area contributed by atoms with Crippen molar-refractivity contribution in [3.8, 4) is 11.3 Å². The van der Waals surface area contributed by atoms with E-state index in [1.54, 1.807) is 26.2 Å². The number of halogens is 1. The van der Waals surface area contributed by atoms with Gasteiger partial charge in [0, 0.05) is 11.4 Å². The number of carbonyl (C=O) groups excluding carboxylic acids is 1. The molecule has 0 aliphatic rings. The zero-order chi connectivity index (χ0) is 17.9. The van der Waals surface area contributed by atoms with E-state index in [9.17, 15) is 19.3 Å². The number of nitrogens with one attached hydrogen (secondary N) is 1. The van der Waals surface area contributed by atoms with E-state index >= 15 is 0 Å². The van der Waals surface area contributed by atoms with Crippen molar-refractivity contribution in [2.45, 2.75) is 32.9 Å². The van der Waals surface area contributed by atoms with Crippen LogP contribution in [0.15, 0.2) is 23.6 Å². The van der Waals surface area contributed by atoms with E-state index in [4.69, 9.17) is 4.74 Å². The molecule has 0 atom stereocenters. The van der Waals surface area contributed by atoms with Crippen LogP contribution in [0.4, 0.5) is 14.9 Å². The van der Waals surface area contributed by atoms with Crippen molar-refractivity contribution in [3.05, 3.63) is 44.5 Å². The smallest absolute Gasteiger partial charge is 0.408 e. The van der Waals surface area contributed by atoms with E-state index in [0.717, 1.165) is 18.2 Å². The first-order valence-electron chi connectivity index (χ1n) is 7.01. The minimum Gasteiger partial charge on any atom is -0.444 e. The van der Waals surface area contributed by atoms with E-state index < -0.39 is 22.4 Å². The molecular formula is C15H16FN3O4S. The third kappa shape index (κ3) is 4.72. The molecule has 1 amide bonds. The average molecular weight is 353 g/mol. The number of nitro benzene ring substituents is 1. The number of nitro groups is 1. The summed E-state index contributed by atoms with van der Waals surface area (Å²) in [4.78, 5) is 26.3. The van der Waals surface area contributed by atoms with Crippen molar-refractivity contribution in [2.24, 2.45) is 0 Å². The number of ether oxygens (including phenoxy) is 1. The maximum absolute atomic E-state index is 13.4. The second kappa shape index (κ2) is 6.91. The van der Waals surface area contributed by atoms with Crippen LogP contribution < -0.4 is 5.32 Å². The second-order valence-electron chi connectivity index (χ2n) is 5.90.